The van der Waals surface area contributed by atoms with Gasteiger partial charge in [0.25, 0.3) is 5.69 Å². The Kier molecular flexibility index (Phi) is 7.22. The Labute approximate surface area is 252 Å². The summed E-state index contributed by atoms with van der Waals surface area (Å²) in [4.78, 5) is 69.5. The van der Waals surface area contributed by atoms with Crippen LogP contribution in [-0.4, -0.2) is 94.0 Å². The number of nitro groups is 1. The number of aliphatic hydroxyl groups excluding tert-OH is 2. The van der Waals surface area contributed by atoms with E-state index in [1.807, 2.05) is 0 Å². The molecule has 0 bridgehead atoms. The Morgan fingerprint density at radius 3 is 2.59 bits per heavy atom. The molecule has 3 aliphatic heterocycles. The van der Waals surface area contributed by atoms with E-state index < -0.39 is 64.8 Å². The largest absolute Gasteiger partial charge is 0.477 e. The highest BCUT2D eigenvalue weighted by molar-refractivity contribution is 7.18. The first kappa shape index (κ1) is 29.4. The van der Waals surface area contributed by atoms with Crippen molar-refractivity contribution in [2.24, 2.45) is 11.8 Å². The number of ether oxygens (including phenoxy) is 1. The number of Topliss-reactive ketones (excluding diaryl/α,β-unsaturated/α-hetero) is 1. The van der Waals surface area contributed by atoms with E-state index in [1.54, 1.807) is 17.5 Å². The second kappa shape index (κ2) is 10.8. The maximum absolute atomic E-state index is 13.7. The number of ketones is 1. The molecule has 2 saturated heterocycles. The molecule has 0 saturated carbocycles. The number of nitrogens with zero attached hydrogens (tertiary/aromatic N) is 5. The number of nitro benzene ring substituents is 1. The van der Waals surface area contributed by atoms with Crippen LogP contribution in [0.4, 0.5) is 10.5 Å². The summed E-state index contributed by atoms with van der Waals surface area (Å²) >= 11 is 1.12. The molecule has 6 rings (SSSR count). The average molecular weight is 626 g/mol. The van der Waals surface area contributed by atoms with E-state index in [4.69, 9.17) is 4.74 Å². The van der Waals surface area contributed by atoms with Crippen molar-refractivity contribution in [1.82, 2.24) is 19.2 Å². The highest BCUT2D eigenvalue weighted by Gasteiger charge is 2.60. The lowest BCUT2D eigenvalue weighted by Crippen LogP contribution is -2.63. The predicted octanol–water partition coefficient (Wildman–Crippen LogP) is 1.91. The van der Waals surface area contributed by atoms with Crippen molar-refractivity contribution in [3.63, 3.8) is 0 Å². The number of aliphatic carboxylic acids is 1. The molecule has 0 unspecified atom stereocenters. The molecule has 15 nitrogen and oxygen atoms in total. The van der Waals surface area contributed by atoms with Crippen LogP contribution in [0.2, 0.25) is 0 Å². The molecule has 2 aromatic heterocycles. The quantitative estimate of drug-likeness (QED) is 0.143. The van der Waals surface area contributed by atoms with E-state index >= 15 is 0 Å². The molecule has 3 aromatic rings. The molecular weight excluding hydrogens is 598 g/mol. The fraction of sp³-hybridized carbons (Fsp3) is 0.393. The first-order valence-electron chi connectivity index (χ1n) is 13.7. The first-order chi connectivity index (χ1) is 20.9. The molecule has 6 atom stereocenters. The van der Waals surface area contributed by atoms with E-state index in [-0.39, 0.29) is 36.7 Å². The van der Waals surface area contributed by atoms with Gasteiger partial charge in [0, 0.05) is 36.2 Å². The third-order valence-electron chi connectivity index (χ3n) is 8.41. The van der Waals surface area contributed by atoms with Crippen molar-refractivity contribution in [3.8, 4) is 0 Å². The maximum atomic E-state index is 13.7. The molecule has 3 N–H and O–H groups in total. The van der Waals surface area contributed by atoms with Gasteiger partial charge in [-0.3, -0.25) is 29.0 Å². The number of carboxylic acid groups (broad SMARTS) is 1. The molecule has 230 valence electrons. The van der Waals surface area contributed by atoms with Gasteiger partial charge in [0.1, 0.15) is 35.2 Å². The molecule has 1 aromatic carbocycles. The number of aromatic nitrogens is 2. The summed E-state index contributed by atoms with van der Waals surface area (Å²) in [5, 5.41) is 41.4. The number of carbonyl (C=O) groups is 4. The summed E-state index contributed by atoms with van der Waals surface area (Å²) in [5.74, 6) is -3.39. The van der Waals surface area contributed by atoms with Crippen molar-refractivity contribution in [3.05, 3.63) is 68.7 Å². The number of rotatable bonds is 8. The zero-order valence-corrected chi connectivity index (χ0v) is 24.2. The standard InChI is InChI=1S/C28H27N5O10S/c1-12-19(23(27(38)39)32-22(12)20(13(2)34)25(32)37)18-9-30-11-29-21(26(30)44-18)24(36)17-7-16(35)8-31(17)28(40)43-10-14-3-5-15(6-4-14)33(41)42/h3-6,9,11-13,16-17,20,22,34-35H,7-8,10H2,1-2H3,(H,38,39)/t12-,13+,16+,17-,20+,22+/m0/s1. The first-order valence-corrected chi connectivity index (χ1v) is 14.5. The lowest BCUT2D eigenvalue weighted by Gasteiger charge is -2.46. The van der Waals surface area contributed by atoms with Gasteiger partial charge in [-0.25, -0.2) is 14.6 Å². The minimum absolute atomic E-state index is 0.0258. The fourth-order valence-electron chi connectivity index (χ4n) is 6.35. The summed E-state index contributed by atoms with van der Waals surface area (Å²) in [6, 6.07) is 3.87. The highest BCUT2D eigenvalue weighted by Crippen LogP contribution is 2.51. The van der Waals surface area contributed by atoms with Gasteiger partial charge in [0.05, 0.1) is 40.5 Å². The number of carbonyl (C=O) groups excluding carboxylic acids is 3. The minimum Gasteiger partial charge on any atom is -0.477 e. The van der Waals surface area contributed by atoms with E-state index in [0.717, 1.165) is 16.2 Å². The van der Waals surface area contributed by atoms with Crippen LogP contribution < -0.4 is 0 Å². The number of aliphatic hydroxyl groups is 2. The minimum atomic E-state index is -1.28. The van der Waals surface area contributed by atoms with Gasteiger partial charge in [-0.15, -0.1) is 11.3 Å². The summed E-state index contributed by atoms with van der Waals surface area (Å²) in [5.41, 5.74) is 0.667. The van der Waals surface area contributed by atoms with E-state index in [9.17, 15) is 44.6 Å². The Hall–Kier alpha value is -4.67. The molecule has 0 spiro atoms. The second-order valence-corrected chi connectivity index (χ2v) is 12.2. The van der Waals surface area contributed by atoms with Crippen LogP contribution >= 0.6 is 11.3 Å². The summed E-state index contributed by atoms with van der Waals surface area (Å²) in [6.07, 6.45) is 0.195. The van der Waals surface area contributed by atoms with Crippen LogP contribution in [0.5, 0.6) is 0 Å². The number of imidazole rings is 1. The molecule has 5 heterocycles. The maximum Gasteiger partial charge on any atom is 0.410 e. The average Bonchev–Trinajstić information content (AvgIpc) is 3.72. The molecule has 2 fully saturated rings. The number of thiazole rings is 1. The summed E-state index contributed by atoms with van der Waals surface area (Å²) in [6.45, 7) is 2.94. The zero-order valence-electron chi connectivity index (χ0n) is 23.4. The van der Waals surface area contributed by atoms with Gasteiger partial charge in [-0.1, -0.05) is 6.92 Å². The number of amides is 2. The van der Waals surface area contributed by atoms with Gasteiger partial charge < -0.3 is 25.0 Å². The second-order valence-electron chi connectivity index (χ2n) is 11.1. The molecule has 2 amide bonds. The van der Waals surface area contributed by atoms with Gasteiger partial charge in [0.15, 0.2) is 0 Å². The van der Waals surface area contributed by atoms with Gasteiger partial charge in [0.2, 0.25) is 11.7 Å². The normalized spacial score (nSPS) is 25.3. The van der Waals surface area contributed by atoms with Gasteiger partial charge in [-0.05, 0) is 24.6 Å². The van der Waals surface area contributed by atoms with Crippen molar-refractivity contribution >= 4 is 51.2 Å². The van der Waals surface area contributed by atoms with Crippen LogP contribution in [0.25, 0.3) is 10.4 Å². The molecule has 0 aliphatic carbocycles. The van der Waals surface area contributed by atoms with Crippen LogP contribution in [-0.2, 0) is 20.9 Å². The predicted molar refractivity (Wildman–Crippen MR) is 151 cm³/mol. The van der Waals surface area contributed by atoms with Crippen molar-refractivity contribution < 1.29 is 44.2 Å². The van der Waals surface area contributed by atoms with Crippen LogP contribution in [0, 0.1) is 22.0 Å². The topological polar surface area (TPSA) is 205 Å². The van der Waals surface area contributed by atoms with Gasteiger partial charge >= 0.3 is 12.1 Å². The molecule has 3 aliphatic rings. The Bertz CT molecular complexity index is 1740. The van der Waals surface area contributed by atoms with E-state index in [2.05, 4.69) is 4.98 Å². The van der Waals surface area contributed by atoms with Crippen LogP contribution in [0.3, 0.4) is 0 Å². The van der Waals surface area contributed by atoms with Crippen LogP contribution in [0.15, 0.2) is 42.5 Å². The number of fused-ring (bicyclic) bond motifs is 2. The van der Waals surface area contributed by atoms with E-state index in [0.29, 0.717) is 20.8 Å². The number of likely N-dealkylation sites (tertiary alicyclic amines) is 1. The van der Waals surface area contributed by atoms with Crippen LogP contribution in [0.1, 0.15) is 41.2 Å². The molecule has 0 radical (unpaired) electrons. The number of β-amino-alcohol motifs (C(OH)–C–C–N with tert-alkyl or cyclic N) is 1. The number of hydrogen-bond acceptors (Lipinski definition) is 11. The Morgan fingerprint density at radius 1 is 1.25 bits per heavy atom. The number of carboxylic acids is 1. The van der Waals surface area contributed by atoms with E-state index in [1.165, 1.54) is 42.4 Å². The third-order valence-corrected chi connectivity index (χ3v) is 9.55. The third kappa shape index (κ3) is 4.61. The molecular formula is C28H27N5O10S. The summed E-state index contributed by atoms with van der Waals surface area (Å²) < 4.78 is 6.91. The summed E-state index contributed by atoms with van der Waals surface area (Å²) in [7, 11) is 0. The SMILES string of the molecule is C[C@@H](O)[C@H]1C(=O)N2C(C(=O)O)=C(c3cn4cnc(C(=O)[C@@H]5C[C@@H](O)CN5C(=O)OCc5ccc([N+](=O)[O-])cc5)c4s3)[C@H](C)[C@H]12. The number of non-ortho nitro benzene ring substituents is 1. The Balaban J connectivity index is 1.24. The smallest absolute Gasteiger partial charge is 0.410 e. The Morgan fingerprint density at radius 2 is 1.95 bits per heavy atom. The highest BCUT2D eigenvalue weighted by atomic mass is 32.1. The number of benzene rings is 1. The molecule has 16 heteroatoms. The lowest BCUT2D eigenvalue weighted by atomic mass is 9.77. The van der Waals surface area contributed by atoms with Gasteiger partial charge in [-0.2, -0.15) is 0 Å². The van der Waals surface area contributed by atoms with Crippen molar-refractivity contribution in [1.29, 1.82) is 0 Å². The lowest BCUT2D eigenvalue weighted by molar-refractivity contribution is -0.384. The monoisotopic (exact) mass is 625 g/mol. The van der Waals surface area contributed by atoms with Crippen molar-refractivity contribution in [2.75, 3.05) is 6.54 Å². The number of β-lactam (4-membered cyclic amide) rings is 1. The van der Waals surface area contributed by atoms with Crippen molar-refractivity contribution in [2.45, 2.75) is 51.2 Å². The number of hydrogen-bond donors (Lipinski definition) is 3. The molecule has 44 heavy (non-hydrogen) atoms. The zero-order chi connectivity index (χ0) is 31.6. The fourth-order valence-corrected chi connectivity index (χ4v) is 7.57.